The Kier molecular flexibility index (Phi) is 6.55. The lowest BCUT2D eigenvalue weighted by Crippen LogP contribution is -2.16. The van der Waals surface area contributed by atoms with Crippen LogP contribution in [-0.2, 0) is 17.6 Å². The molecule has 5 nitrogen and oxygen atoms in total. The van der Waals surface area contributed by atoms with Gasteiger partial charge in [-0.05, 0) is 63.3 Å². The number of hydrogen-bond acceptors (Lipinski definition) is 5. The van der Waals surface area contributed by atoms with Gasteiger partial charge in [-0.3, -0.25) is 4.79 Å². The Morgan fingerprint density at radius 3 is 2.70 bits per heavy atom. The van der Waals surface area contributed by atoms with Crippen LogP contribution in [0.25, 0.3) is 0 Å². The number of fused-ring (bicyclic) bond motifs is 1. The highest BCUT2D eigenvalue weighted by Crippen LogP contribution is 2.39. The van der Waals surface area contributed by atoms with E-state index in [1.165, 1.54) is 16.2 Å². The molecule has 1 aromatic carbocycles. The van der Waals surface area contributed by atoms with Crippen LogP contribution in [0.4, 0.5) is 5.00 Å². The fraction of sp³-hybridized carbons (Fsp3) is 0.400. The van der Waals surface area contributed by atoms with Crippen LogP contribution >= 0.6 is 27.3 Å². The van der Waals surface area contributed by atoms with Crippen molar-refractivity contribution in [3.05, 3.63) is 44.2 Å². The van der Waals surface area contributed by atoms with Crippen molar-refractivity contribution >= 4 is 44.1 Å². The molecule has 1 N–H and O–H groups in total. The maximum absolute atomic E-state index is 13.0. The highest BCUT2D eigenvalue weighted by atomic mass is 79.9. The Morgan fingerprint density at radius 1 is 1.19 bits per heavy atom. The number of halogens is 1. The summed E-state index contributed by atoms with van der Waals surface area (Å²) in [6.45, 7) is 4.42. The van der Waals surface area contributed by atoms with E-state index in [4.69, 9.17) is 9.47 Å². The van der Waals surface area contributed by atoms with Gasteiger partial charge in [0, 0.05) is 9.35 Å². The van der Waals surface area contributed by atoms with E-state index in [1.807, 2.05) is 13.0 Å². The molecule has 0 spiro atoms. The molecule has 0 atom stereocenters. The van der Waals surface area contributed by atoms with Crippen LogP contribution in [0.15, 0.2) is 22.7 Å². The van der Waals surface area contributed by atoms with Crippen molar-refractivity contribution in [3.8, 4) is 5.75 Å². The number of rotatable bonds is 6. The predicted molar refractivity (Wildman–Crippen MR) is 110 cm³/mol. The van der Waals surface area contributed by atoms with E-state index in [0.29, 0.717) is 35.1 Å². The van der Waals surface area contributed by atoms with Gasteiger partial charge in [0.15, 0.2) is 0 Å². The second-order valence-electron chi connectivity index (χ2n) is 6.16. The molecule has 2 aromatic rings. The molecule has 0 fully saturated rings. The monoisotopic (exact) mass is 451 g/mol. The quantitative estimate of drug-likeness (QED) is 0.611. The predicted octanol–water partition coefficient (Wildman–Crippen LogP) is 5.22. The van der Waals surface area contributed by atoms with Crippen LogP contribution in [0, 0.1) is 0 Å². The number of esters is 1. The Balaban J connectivity index is 1.96. The van der Waals surface area contributed by atoms with Gasteiger partial charge in [0.05, 0.1) is 24.3 Å². The van der Waals surface area contributed by atoms with E-state index in [-0.39, 0.29) is 11.9 Å². The molecular formula is C20H22BrNO4S. The van der Waals surface area contributed by atoms with E-state index in [2.05, 4.69) is 21.2 Å². The Hall–Kier alpha value is -1.86. The van der Waals surface area contributed by atoms with Gasteiger partial charge in [0.25, 0.3) is 5.91 Å². The van der Waals surface area contributed by atoms with E-state index >= 15 is 0 Å². The molecule has 27 heavy (non-hydrogen) atoms. The van der Waals surface area contributed by atoms with Crippen LogP contribution in [0.3, 0.4) is 0 Å². The zero-order valence-electron chi connectivity index (χ0n) is 15.4. The third kappa shape index (κ3) is 4.35. The number of carbonyl (C=O) groups excluding carboxylic acids is 2. The maximum Gasteiger partial charge on any atom is 0.341 e. The molecule has 0 bridgehead atoms. The van der Waals surface area contributed by atoms with E-state index < -0.39 is 0 Å². The third-order valence-corrected chi connectivity index (χ3v) is 6.06. The highest BCUT2D eigenvalue weighted by Gasteiger charge is 2.28. The molecular weight excluding hydrogens is 430 g/mol. The Morgan fingerprint density at radius 2 is 1.96 bits per heavy atom. The molecule has 0 saturated heterocycles. The molecule has 3 rings (SSSR count). The maximum atomic E-state index is 13.0. The average molecular weight is 452 g/mol. The van der Waals surface area contributed by atoms with Crippen molar-refractivity contribution in [3.63, 3.8) is 0 Å². The summed E-state index contributed by atoms with van der Waals surface area (Å²) in [4.78, 5) is 26.7. The second-order valence-corrected chi connectivity index (χ2v) is 8.18. The minimum absolute atomic E-state index is 0.302. The SMILES string of the molecule is CCOC(=O)c1c(NC(=O)c2cc(Br)ccc2OCC)sc2c1CCCC2. The van der Waals surface area contributed by atoms with Crippen molar-refractivity contribution in [1.29, 1.82) is 0 Å². The topological polar surface area (TPSA) is 64.6 Å². The van der Waals surface area contributed by atoms with Crippen LogP contribution in [0.5, 0.6) is 5.75 Å². The minimum atomic E-state index is -0.369. The Bertz CT molecular complexity index is 862. The average Bonchev–Trinajstić information content (AvgIpc) is 3.01. The van der Waals surface area contributed by atoms with Crippen molar-refractivity contribution in [1.82, 2.24) is 0 Å². The number of amides is 1. The zero-order valence-corrected chi connectivity index (χ0v) is 17.8. The lowest BCUT2D eigenvalue weighted by atomic mass is 9.95. The summed E-state index contributed by atoms with van der Waals surface area (Å²) < 4.78 is 11.6. The summed E-state index contributed by atoms with van der Waals surface area (Å²) in [5.74, 6) is -0.160. The standard InChI is InChI=1S/C20H22BrNO4S/c1-3-25-15-10-9-12(21)11-14(15)18(23)22-19-17(20(24)26-4-2)13-7-5-6-8-16(13)27-19/h9-11H,3-8H2,1-2H3,(H,22,23). The number of benzene rings is 1. The van der Waals surface area contributed by atoms with Gasteiger partial charge >= 0.3 is 5.97 Å². The second kappa shape index (κ2) is 8.89. The number of thiophene rings is 1. The van der Waals surface area contributed by atoms with Crippen molar-refractivity contribution in [2.75, 3.05) is 18.5 Å². The summed E-state index contributed by atoms with van der Waals surface area (Å²) in [7, 11) is 0. The number of anilines is 1. The number of nitrogens with one attached hydrogen (secondary N) is 1. The molecule has 144 valence electrons. The summed E-state index contributed by atoms with van der Waals surface area (Å²) in [6.07, 6.45) is 3.92. The van der Waals surface area contributed by atoms with E-state index in [9.17, 15) is 9.59 Å². The first-order valence-electron chi connectivity index (χ1n) is 9.10. The van der Waals surface area contributed by atoms with Gasteiger partial charge in [-0.15, -0.1) is 11.3 Å². The molecule has 0 aliphatic heterocycles. The first kappa shape index (κ1) is 19.9. The molecule has 0 radical (unpaired) electrons. The number of ether oxygens (including phenoxy) is 2. The molecule has 0 unspecified atom stereocenters. The van der Waals surface area contributed by atoms with E-state index in [0.717, 1.165) is 35.7 Å². The van der Waals surface area contributed by atoms with Gasteiger partial charge in [0.2, 0.25) is 0 Å². The summed E-state index contributed by atoms with van der Waals surface area (Å²) in [6, 6.07) is 5.31. The minimum Gasteiger partial charge on any atom is -0.493 e. The summed E-state index contributed by atoms with van der Waals surface area (Å²) in [5, 5.41) is 3.49. The highest BCUT2D eigenvalue weighted by molar-refractivity contribution is 9.10. The summed E-state index contributed by atoms with van der Waals surface area (Å²) >= 11 is 4.88. The first-order chi connectivity index (χ1) is 13.0. The molecule has 7 heteroatoms. The smallest absolute Gasteiger partial charge is 0.341 e. The number of aryl methyl sites for hydroxylation is 1. The number of hydrogen-bond donors (Lipinski definition) is 1. The van der Waals surface area contributed by atoms with Gasteiger partial charge in [0.1, 0.15) is 10.8 Å². The molecule has 1 heterocycles. The van der Waals surface area contributed by atoms with Crippen LogP contribution in [0.1, 0.15) is 57.8 Å². The summed E-state index contributed by atoms with van der Waals surface area (Å²) in [5.41, 5.74) is 1.96. The van der Waals surface area contributed by atoms with Gasteiger partial charge in [-0.1, -0.05) is 15.9 Å². The van der Waals surface area contributed by atoms with Gasteiger partial charge in [-0.2, -0.15) is 0 Å². The van der Waals surface area contributed by atoms with Crippen LogP contribution < -0.4 is 10.1 Å². The molecule has 1 amide bonds. The van der Waals surface area contributed by atoms with Crippen molar-refractivity contribution in [2.24, 2.45) is 0 Å². The third-order valence-electron chi connectivity index (χ3n) is 4.36. The van der Waals surface area contributed by atoms with Crippen molar-refractivity contribution in [2.45, 2.75) is 39.5 Å². The van der Waals surface area contributed by atoms with Crippen LogP contribution in [0.2, 0.25) is 0 Å². The number of carbonyl (C=O) groups is 2. The lowest BCUT2D eigenvalue weighted by Gasteiger charge is -2.13. The fourth-order valence-corrected chi connectivity index (χ4v) is 4.84. The molecule has 1 aromatic heterocycles. The fourth-order valence-electron chi connectivity index (χ4n) is 3.20. The van der Waals surface area contributed by atoms with Crippen LogP contribution in [-0.4, -0.2) is 25.1 Å². The largest absolute Gasteiger partial charge is 0.493 e. The van der Waals surface area contributed by atoms with Gasteiger partial charge < -0.3 is 14.8 Å². The van der Waals surface area contributed by atoms with E-state index in [1.54, 1.807) is 19.1 Å². The molecule has 1 aliphatic carbocycles. The lowest BCUT2D eigenvalue weighted by molar-refractivity contribution is 0.0526. The Labute approximate surface area is 171 Å². The first-order valence-corrected chi connectivity index (χ1v) is 10.7. The zero-order chi connectivity index (χ0) is 19.4. The normalized spacial score (nSPS) is 13.0. The molecule has 1 aliphatic rings. The van der Waals surface area contributed by atoms with Crippen molar-refractivity contribution < 1.29 is 19.1 Å². The van der Waals surface area contributed by atoms with Gasteiger partial charge in [-0.25, -0.2) is 4.79 Å². The molecule has 0 saturated carbocycles.